The highest BCUT2D eigenvalue weighted by atomic mass is 32.1. The fraction of sp³-hybridized carbons (Fsp3) is 0.318. The highest BCUT2D eigenvalue weighted by Crippen LogP contribution is 2.25. The second-order valence-electron chi connectivity index (χ2n) is 6.84. The molecule has 140 valence electrons. The fourth-order valence-electron chi connectivity index (χ4n) is 3.59. The van der Waals surface area contributed by atoms with Gasteiger partial charge in [-0.3, -0.25) is 9.69 Å². The van der Waals surface area contributed by atoms with E-state index in [0.717, 1.165) is 31.9 Å². The van der Waals surface area contributed by atoms with Crippen LogP contribution in [0, 0.1) is 0 Å². The van der Waals surface area contributed by atoms with Gasteiger partial charge >= 0.3 is 0 Å². The lowest BCUT2D eigenvalue weighted by atomic mass is 10.0. The summed E-state index contributed by atoms with van der Waals surface area (Å²) >= 11 is 1.75. The molecule has 2 aromatic carbocycles. The van der Waals surface area contributed by atoms with E-state index in [1.54, 1.807) is 11.3 Å². The summed E-state index contributed by atoms with van der Waals surface area (Å²) in [5.41, 5.74) is 1.05. The van der Waals surface area contributed by atoms with Crippen LogP contribution < -0.4 is 5.32 Å². The van der Waals surface area contributed by atoms with Crippen LogP contribution in [0.15, 0.2) is 60.0 Å². The number of carbonyl (C=O) groups is 1. The number of ether oxygens (including phenoxy) is 1. The third-order valence-corrected chi connectivity index (χ3v) is 6.00. The summed E-state index contributed by atoms with van der Waals surface area (Å²) in [5, 5.41) is 7.62. The molecule has 1 unspecified atom stereocenters. The second-order valence-corrected chi connectivity index (χ2v) is 7.82. The summed E-state index contributed by atoms with van der Waals surface area (Å²) in [6.07, 6.45) is 0.408. The number of nitrogens with zero attached hydrogens (tertiary/aromatic N) is 1. The number of hydrogen-bond donors (Lipinski definition) is 1. The van der Waals surface area contributed by atoms with Gasteiger partial charge in [-0.15, -0.1) is 11.3 Å². The number of carbonyl (C=O) groups excluding carboxylic acids is 1. The third kappa shape index (κ3) is 4.56. The predicted octanol–water partition coefficient (Wildman–Crippen LogP) is 3.63. The number of thiophene rings is 1. The van der Waals surface area contributed by atoms with Gasteiger partial charge in [-0.25, -0.2) is 0 Å². The van der Waals surface area contributed by atoms with Crippen molar-refractivity contribution in [1.82, 2.24) is 10.2 Å². The Kier molecular flexibility index (Phi) is 5.82. The number of morpholine rings is 1. The molecule has 0 aliphatic carbocycles. The zero-order valence-electron chi connectivity index (χ0n) is 15.3. The molecule has 4 nitrogen and oxygen atoms in total. The van der Waals surface area contributed by atoms with E-state index >= 15 is 0 Å². The van der Waals surface area contributed by atoms with Crippen molar-refractivity contribution in [2.75, 3.05) is 32.8 Å². The molecule has 4 rings (SSSR count). The highest BCUT2D eigenvalue weighted by Gasteiger charge is 2.23. The summed E-state index contributed by atoms with van der Waals surface area (Å²) < 4.78 is 5.48. The maximum atomic E-state index is 12.6. The molecular weight excluding hydrogens is 356 g/mol. The lowest BCUT2D eigenvalue weighted by Gasteiger charge is -2.34. The maximum Gasteiger partial charge on any atom is 0.224 e. The fourth-order valence-corrected chi connectivity index (χ4v) is 4.45. The van der Waals surface area contributed by atoms with Gasteiger partial charge in [-0.2, -0.15) is 0 Å². The normalized spacial score (nSPS) is 16.3. The van der Waals surface area contributed by atoms with Gasteiger partial charge < -0.3 is 10.1 Å². The summed E-state index contributed by atoms with van der Waals surface area (Å²) in [6.45, 7) is 3.96. The van der Waals surface area contributed by atoms with Crippen molar-refractivity contribution >= 4 is 28.0 Å². The Balaban J connectivity index is 1.39. The van der Waals surface area contributed by atoms with Crippen LogP contribution in [0.1, 0.15) is 16.5 Å². The minimum Gasteiger partial charge on any atom is -0.379 e. The first kappa shape index (κ1) is 18.2. The Morgan fingerprint density at radius 3 is 2.67 bits per heavy atom. The van der Waals surface area contributed by atoms with Crippen molar-refractivity contribution in [1.29, 1.82) is 0 Å². The summed E-state index contributed by atoms with van der Waals surface area (Å²) in [4.78, 5) is 16.3. The highest BCUT2D eigenvalue weighted by molar-refractivity contribution is 7.10. The van der Waals surface area contributed by atoms with E-state index in [1.807, 2.05) is 18.2 Å². The Morgan fingerprint density at radius 2 is 1.89 bits per heavy atom. The number of fused-ring (bicyclic) bond motifs is 1. The van der Waals surface area contributed by atoms with Crippen LogP contribution in [0.5, 0.6) is 0 Å². The Labute approximate surface area is 163 Å². The van der Waals surface area contributed by atoms with Crippen molar-refractivity contribution in [3.05, 3.63) is 70.4 Å². The van der Waals surface area contributed by atoms with Crippen LogP contribution in [0.4, 0.5) is 0 Å². The molecule has 0 bridgehead atoms. The molecule has 1 aliphatic heterocycles. The average molecular weight is 381 g/mol. The molecule has 1 aromatic heterocycles. The number of amides is 1. The van der Waals surface area contributed by atoms with Gasteiger partial charge in [0.15, 0.2) is 0 Å². The molecule has 0 radical (unpaired) electrons. The first-order valence-electron chi connectivity index (χ1n) is 9.39. The summed E-state index contributed by atoms with van der Waals surface area (Å²) in [7, 11) is 0. The standard InChI is InChI=1S/C22H24N2O2S/c25-22(15-17-7-8-18-4-1-2-5-19(18)14-17)23-16-20(21-6-3-13-27-21)24-9-11-26-12-10-24/h1-8,13-14,20H,9-12,15-16H2,(H,23,25). The quantitative estimate of drug-likeness (QED) is 0.710. The third-order valence-electron chi connectivity index (χ3n) is 5.03. The van der Waals surface area contributed by atoms with Crippen LogP contribution in [0.2, 0.25) is 0 Å². The van der Waals surface area contributed by atoms with Gasteiger partial charge in [0.2, 0.25) is 5.91 Å². The molecule has 1 N–H and O–H groups in total. The molecule has 3 aromatic rings. The molecule has 1 saturated heterocycles. The molecule has 2 heterocycles. The van der Waals surface area contributed by atoms with Crippen LogP contribution >= 0.6 is 11.3 Å². The monoisotopic (exact) mass is 380 g/mol. The van der Waals surface area contributed by atoms with E-state index in [2.05, 4.69) is 52.0 Å². The summed E-state index contributed by atoms with van der Waals surface area (Å²) in [6, 6.07) is 18.9. The molecule has 5 heteroatoms. The minimum atomic E-state index is 0.0695. The lowest BCUT2D eigenvalue weighted by Crippen LogP contribution is -2.43. The smallest absolute Gasteiger partial charge is 0.224 e. The van der Waals surface area contributed by atoms with Gasteiger partial charge in [0.1, 0.15) is 0 Å². The molecule has 1 fully saturated rings. The Hall–Kier alpha value is -2.21. The topological polar surface area (TPSA) is 41.6 Å². The van der Waals surface area contributed by atoms with E-state index in [0.29, 0.717) is 13.0 Å². The largest absolute Gasteiger partial charge is 0.379 e. The molecule has 1 atom stereocenters. The lowest BCUT2D eigenvalue weighted by molar-refractivity contribution is -0.120. The maximum absolute atomic E-state index is 12.6. The molecule has 1 aliphatic rings. The van der Waals surface area contributed by atoms with E-state index in [-0.39, 0.29) is 11.9 Å². The molecule has 1 amide bonds. The van der Waals surface area contributed by atoms with Crippen molar-refractivity contribution < 1.29 is 9.53 Å². The first-order valence-corrected chi connectivity index (χ1v) is 10.3. The zero-order chi connectivity index (χ0) is 18.5. The number of rotatable bonds is 6. The van der Waals surface area contributed by atoms with Gasteiger partial charge in [0.05, 0.1) is 25.7 Å². The van der Waals surface area contributed by atoms with Gasteiger partial charge in [-0.05, 0) is 27.8 Å². The zero-order valence-corrected chi connectivity index (χ0v) is 16.1. The van der Waals surface area contributed by atoms with Crippen LogP contribution in [-0.2, 0) is 16.0 Å². The minimum absolute atomic E-state index is 0.0695. The van der Waals surface area contributed by atoms with E-state index < -0.39 is 0 Å². The molecule has 27 heavy (non-hydrogen) atoms. The predicted molar refractivity (Wildman–Crippen MR) is 110 cm³/mol. The number of nitrogens with one attached hydrogen (secondary N) is 1. The number of hydrogen-bond acceptors (Lipinski definition) is 4. The van der Waals surface area contributed by atoms with Gasteiger partial charge in [0, 0.05) is 24.5 Å². The van der Waals surface area contributed by atoms with Gasteiger partial charge in [0.25, 0.3) is 0 Å². The summed E-state index contributed by atoms with van der Waals surface area (Å²) in [5.74, 6) is 0.0695. The average Bonchev–Trinajstić information content (AvgIpc) is 3.23. The van der Waals surface area contributed by atoms with E-state index in [4.69, 9.17) is 4.74 Å². The number of benzene rings is 2. The van der Waals surface area contributed by atoms with Crippen LogP contribution in [-0.4, -0.2) is 43.7 Å². The molecular formula is C22H24N2O2S. The second kappa shape index (κ2) is 8.65. The molecule has 0 spiro atoms. The van der Waals surface area contributed by atoms with Crippen molar-refractivity contribution in [3.8, 4) is 0 Å². The van der Waals surface area contributed by atoms with Crippen molar-refractivity contribution in [2.24, 2.45) is 0 Å². The van der Waals surface area contributed by atoms with Crippen LogP contribution in [0.3, 0.4) is 0 Å². The Morgan fingerprint density at radius 1 is 1.07 bits per heavy atom. The van der Waals surface area contributed by atoms with Gasteiger partial charge in [-0.1, -0.05) is 48.5 Å². The van der Waals surface area contributed by atoms with E-state index in [1.165, 1.54) is 15.6 Å². The molecule has 0 saturated carbocycles. The first-order chi connectivity index (χ1) is 13.3. The SMILES string of the molecule is O=C(Cc1ccc2ccccc2c1)NCC(c1cccs1)N1CCOCC1. The van der Waals surface area contributed by atoms with Crippen LogP contribution in [0.25, 0.3) is 10.8 Å². The van der Waals surface area contributed by atoms with E-state index in [9.17, 15) is 4.79 Å². The van der Waals surface area contributed by atoms with Crippen molar-refractivity contribution in [2.45, 2.75) is 12.5 Å². The Bertz CT molecular complexity index is 888. The van der Waals surface area contributed by atoms with Crippen molar-refractivity contribution in [3.63, 3.8) is 0 Å².